The SMILES string of the molecule is COc1cccc([C@]23CC[N@@+](C)(CC(C)C)CC2CC[C@@H](NC(=O)Cc2ccc(Cl)c(Cl)c2)C3)c1. The van der Waals surface area contributed by atoms with Gasteiger partial charge in [-0.1, -0.05) is 55.2 Å². The highest BCUT2D eigenvalue weighted by Crippen LogP contribution is 2.51. The number of hydrogen-bond donors (Lipinski definition) is 1. The number of ether oxygens (including phenoxy) is 1. The van der Waals surface area contributed by atoms with Crippen LogP contribution < -0.4 is 10.1 Å². The number of amides is 1. The molecule has 0 bridgehead atoms. The summed E-state index contributed by atoms with van der Waals surface area (Å²) in [6.07, 6.45) is 4.56. The number of benzene rings is 2. The molecule has 190 valence electrons. The average Bonchev–Trinajstić information content (AvgIpc) is 2.81. The van der Waals surface area contributed by atoms with Crippen LogP contribution in [0.25, 0.3) is 0 Å². The van der Waals surface area contributed by atoms with Gasteiger partial charge in [0, 0.05) is 29.7 Å². The van der Waals surface area contributed by atoms with E-state index >= 15 is 0 Å². The number of rotatable bonds is 7. The third-order valence-corrected chi connectivity index (χ3v) is 8.92. The Labute approximate surface area is 220 Å². The van der Waals surface area contributed by atoms with Gasteiger partial charge in [-0.15, -0.1) is 0 Å². The van der Waals surface area contributed by atoms with Gasteiger partial charge in [0.1, 0.15) is 5.75 Å². The van der Waals surface area contributed by atoms with Crippen molar-refractivity contribution in [3.8, 4) is 5.75 Å². The van der Waals surface area contributed by atoms with Crippen LogP contribution in [0.3, 0.4) is 0 Å². The van der Waals surface area contributed by atoms with E-state index in [0.717, 1.165) is 48.0 Å². The third kappa shape index (κ3) is 5.98. The van der Waals surface area contributed by atoms with Gasteiger partial charge in [-0.25, -0.2) is 0 Å². The molecular formula is C29H39Cl2N2O2+. The number of likely N-dealkylation sites (tertiary alicyclic amines) is 1. The molecule has 2 aromatic carbocycles. The van der Waals surface area contributed by atoms with Crippen LogP contribution in [0.5, 0.6) is 5.75 Å². The fourth-order valence-electron chi connectivity index (χ4n) is 6.77. The van der Waals surface area contributed by atoms with Crippen molar-refractivity contribution in [1.82, 2.24) is 5.32 Å². The van der Waals surface area contributed by atoms with E-state index in [9.17, 15) is 4.79 Å². The number of carbonyl (C=O) groups is 1. The van der Waals surface area contributed by atoms with E-state index in [1.807, 2.05) is 12.1 Å². The number of hydrogen-bond acceptors (Lipinski definition) is 2. The summed E-state index contributed by atoms with van der Waals surface area (Å²) >= 11 is 12.2. The van der Waals surface area contributed by atoms with Crippen LogP contribution in [-0.2, 0) is 16.6 Å². The van der Waals surface area contributed by atoms with Gasteiger partial charge < -0.3 is 14.5 Å². The van der Waals surface area contributed by atoms with Crippen molar-refractivity contribution in [2.24, 2.45) is 11.8 Å². The molecule has 1 saturated carbocycles. The van der Waals surface area contributed by atoms with Crippen molar-refractivity contribution in [3.05, 3.63) is 63.6 Å². The Balaban J connectivity index is 1.54. The van der Waals surface area contributed by atoms with E-state index in [1.54, 1.807) is 19.2 Å². The smallest absolute Gasteiger partial charge is 0.224 e. The molecule has 1 heterocycles. The monoisotopic (exact) mass is 517 g/mol. The van der Waals surface area contributed by atoms with Crippen molar-refractivity contribution < 1.29 is 14.0 Å². The second kappa shape index (κ2) is 10.7. The largest absolute Gasteiger partial charge is 0.497 e. The Morgan fingerprint density at radius 1 is 1.17 bits per heavy atom. The zero-order valence-corrected chi connectivity index (χ0v) is 23.0. The van der Waals surface area contributed by atoms with Crippen molar-refractivity contribution in [2.45, 2.75) is 57.4 Å². The number of piperidine rings is 1. The summed E-state index contributed by atoms with van der Waals surface area (Å²) in [6.45, 7) is 8.23. The molecule has 35 heavy (non-hydrogen) atoms. The maximum absolute atomic E-state index is 13.0. The highest BCUT2D eigenvalue weighted by Gasteiger charge is 2.52. The third-order valence-electron chi connectivity index (χ3n) is 8.18. The first kappa shape index (κ1) is 26.3. The molecule has 1 N–H and O–H groups in total. The predicted octanol–water partition coefficient (Wildman–Crippen LogP) is 6.27. The lowest BCUT2D eigenvalue weighted by Crippen LogP contribution is -2.62. The first-order chi connectivity index (χ1) is 16.6. The molecule has 1 saturated heterocycles. The maximum atomic E-state index is 13.0. The summed E-state index contributed by atoms with van der Waals surface area (Å²) in [5, 5.41) is 4.35. The molecule has 2 aromatic rings. The van der Waals surface area contributed by atoms with Crippen molar-refractivity contribution >= 4 is 29.1 Å². The number of methoxy groups -OCH3 is 1. The molecule has 1 unspecified atom stereocenters. The fourth-order valence-corrected chi connectivity index (χ4v) is 7.09. The zero-order valence-electron chi connectivity index (χ0n) is 21.4. The van der Waals surface area contributed by atoms with Gasteiger partial charge >= 0.3 is 0 Å². The van der Waals surface area contributed by atoms with E-state index < -0.39 is 0 Å². The molecule has 1 amide bonds. The summed E-state index contributed by atoms with van der Waals surface area (Å²) in [6, 6.07) is 14.2. The van der Waals surface area contributed by atoms with E-state index in [4.69, 9.17) is 27.9 Å². The molecule has 6 heteroatoms. The van der Waals surface area contributed by atoms with Crippen LogP contribution >= 0.6 is 23.2 Å². The second-order valence-corrected chi connectivity index (χ2v) is 12.2. The second-order valence-electron chi connectivity index (χ2n) is 11.4. The van der Waals surface area contributed by atoms with Crippen LogP contribution in [0.4, 0.5) is 0 Å². The van der Waals surface area contributed by atoms with Gasteiger partial charge in [0.05, 0.1) is 50.3 Å². The van der Waals surface area contributed by atoms with Crippen LogP contribution in [0.1, 0.15) is 50.7 Å². The van der Waals surface area contributed by atoms with E-state index in [1.165, 1.54) is 18.7 Å². The summed E-state index contributed by atoms with van der Waals surface area (Å²) in [4.78, 5) is 13.0. The number of carbonyl (C=O) groups excluding carboxylic acids is 1. The van der Waals surface area contributed by atoms with Crippen molar-refractivity contribution in [3.63, 3.8) is 0 Å². The van der Waals surface area contributed by atoms with E-state index in [0.29, 0.717) is 28.3 Å². The normalized spacial score (nSPS) is 28.4. The molecule has 4 atom stereocenters. The summed E-state index contributed by atoms with van der Waals surface area (Å²) in [7, 11) is 4.17. The Kier molecular flexibility index (Phi) is 8.05. The lowest BCUT2D eigenvalue weighted by Gasteiger charge is -2.55. The minimum absolute atomic E-state index is 0.0452. The first-order valence-corrected chi connectivity index (χ1v) is 13.6. The lowest BCUT2D eigenvalue weighted by atomic mass is 9.57. The molecule has 0 radical (unpaired) electrons. The Hall–Kier alpha value is -1.75. The molecular weight excluding hydrogens is 479 g/mol. The molecule has 0 aromatic heterocycles. The van der Waals surface area contributed by atoms with Crippen LogP contribution in [0.2, 0.25) is 10.0 Å². The van der Waals surface area contributed by atoms with Crippen LogP contribution in [0, 0.1) is 11.8 Å². The Morgan fingerprint density at radius 2 is 1.97 bits per heavy atom. The summed E-state index contributed by atoms with van der Waals surface area (Å²) < 4.78 is 6.74. The first-order valence-electron chi connectivity index (χ1n) is 12.8. The molecule has 0 spiro atoms. The van der Waals surface area contributed by atoms with Gasteiger partial charge in [0.2, 0.25) is 5.91 Å². The van der Waals surface area contributed by atoms with Gasteiger partial charge in [0.15, 0.2) is 0 Å². The number of nitrogens with one attached hydrogen (secondary N) is 1. The van der Waals surface area contributed by atoms with Gasteiger partial charge in [-0.3, -0.25) is 4.79 Å². The van der Waals surface area contributed by atoms with Gasteiger partial charge in [-0.2, -0.15) is 0 Å². The molecule has 1 aliphatic carbocycles. The van der Waals surface area contributed by atoms with E-state index in [2.05, 4.69) is 44.4 Å². The van der Waals surface area contributed by atoms with Crippen molar-refractivity contribution in [1.29, 1.82) is 0 Å². The molecule has 2 fully saturated rings. The quantitative estimate of drug-likeness (QED) is 0.439. The standard InChI is InChI=1S/C29H38Cl2N2O2/c1-20(2)18-33(3)13-12-29(22-6-5-7-25(16-22)35-4)17-24(10-9-23(29)19-33)32-28(34)15-21-8-11-26(30)27(31)14-21/h5-8,11,14,16,20,23-24H,9-10,12-13,15,17-19H2,1-4H3/p+1/t23?,24-,29-,33+/m1/s1. The van der Waals surface area contributed by atoms with Crippen LogP contribution in [-0.4, -0.2) is 50.2 Å². The lowest BCUT2D eigenvalue weighted by molar-refractivity contribution is -0.922. The molecule has 2 aliphatic rings. The molecule has 4 rings (SSSR count). The highest BCUT2D eigenvalue weighted by atomic mass is 35.5. The molecule has 1 aliphatic heterocycles. The van der Waals surface area contributed by atoms with Gasteiger partial charge in [-0.05, 0) is 54.7 Å². The van der Waals surface area contributed by atoms with E-state index in [-0.39, 0.29) is 17.4 Å². The number of halogens is 2. The molecule has 4 nitrogen and oxygen atoms in total. The highest BCUT2D eigenvalue weighted by molar-refractivity contribution is 6.42. The maximum Gasteiger partial charge on any atom is 0.224 e. The Bertz CT molecular complexity index is 1060. The summed E-state index contributed by atoms with van der Waals surface area (Å²) in [5.74, 6) is 2.23. The minimum atomic E-state index is 0.0452. The summed E-state index contributed by atoms with van der Waals surface area (Å²) in [5.41, 5.74) is 2.30. The predicted molar refractivity (Wildman–Crippen MR) is 144 cm³/mol. The van der Waals surface area contributed by atoms with Crippen LogP contribution in [0.15, 0.2) is 42.5 Å². The fraction of sp³-hybridized carbons (Fsp3) is 0.552. The number of nitrogens with zero attached hydrogens (tertiary/aromatic N) is 1. The Morgan fingerprint density at radius 3 is 2.69 bits per heavy atom. The van der Waals surface area contributed by atoms with Crippen molar-refractivity contribution in [2.75, 3.05) is 33.8 Å². The average molecular weight is 519 g/mol. The minimum Gasteiger partial charge on any atom is -0.497 e. The number of quaternary nitrogens is 1. The number of fused-ring (bicyclic) bond motifs is 1. The van der Waals surface area contributed by atoms with Gasteiger partial charge in [0.25, 0.3) is 0 Å². The topological polar surface area (TPSA) is 38.3 Å². The zero-order chi connectivity index (χ0) is 25.2.